The van der Waals surface area contributed by atoms with Gasteiger partial charge in [-0.1, -0.05) is 48.0 Å². The first kappa shape index (κ1) is 26.4. The average Bonchev–Trinajstić information content (AvgIpc) is 3.51. The van der Waals surface area contributed by atoms with Gasteiger partial charge in [0.2, 0.25) is 5.88 Å². The van der Waals surface area contributed by atoms with Crippen LogP contribution in [0.5, 0.6) is 5.88 Å². The fourth-order valence-electron chi connectivity index (χ4n) is 4.93. The Hall–Kier alpha value is -4.21. The molecule has 3 atom stereocenters. The second-order valence-corrected chi connectivity index (χ2v) is 9.50. The summed E-state index contributed by atoms with van der Waals surface area (Å²) in [5, 5.41) is 6.28. The average molecular weight is 550 g/mol. The Bertz CT molecular complexity index is 1440. The standard InChI is InChI=1S/C29H25ClFN3O5/c1-37-24-9-8-20(16-32-24)34-27(35)25-22-10-11-29(39-22,26(25)28(36)38-2)23(12-17-6-4-3-5-7-17)33-21-14-18(30)13-19(31)15-21/h3-11,13-16,22-23,33H,12H2,1-2H3,(H,34,35). The molecule has 10 heteroatoms. The molecule has 2 aliphatic heterocycles. The lowest BCUT2D eigenvalue weighted by Gasteiger charge is -2.36. The molecule has 3 unspecified atom stereocenters. The van der Waals surface area contributed by atoms with Gasteiger partial charge >= 0.3 is 5.97 Å². The number of halogens is 2. The highest BCUT2D eigenvalue weighted by atomic mass is 35.5. The van der Waals surface area contributed by atoms with Gasteiger partial charge in [-0.05, 0) is 42.3 Å². The maximum Gasteiger partial charge on any atom is 0.337 e. The highest BCUT2D eigenvalue weighted by Crippen LogP contribution is 2.47. The third-order valence-corrected chi connectivity index (χ3v) is 6.84. The number of hydrogen-bond donors (Lipinski definition) is 2. The van der Waals surface area contributed by atoms with E-state index in [1.165, 1.54) is 32.5 Å². The summed E-state index contributed by atoms with van der Waals surface area (Å²) in [4.78, 5) is 30.9. The predicted octanol–water partition coefficient (Wildman–Crippen LogP) is 4.72. The number of rotatable bonds is 9. The van der Waals surface area contributed by atoms with Gasteiger partial charge in [-0.25, -0.2) is 14.2 Å². The molecule has 0 saturated heterocycles. The molecule has 3 aromatic rings. The van der Waals surface area contributed by atoms with E-state index in [0.29, 0.717) is 23.7 Å². The van der Waals surface area contributed by atoms with Crippen LogP contribution >= 0.6 is 11.6 Å². The Morgan fingerprint density at radius 1 is 1.13 bits per heavy atom. The van der Waals surface area contributed by atoms with E-state index in [-0.39, 0.29) is 16.2 Å². The van der Waals surface area contributed by atoms with Gasteiger partial charge in [-0.3, -0.25) is 4.79 Å². The summed E-state index contributed by atoms with van der Waals surface area (Å²) in [6, 6.07) is 16.2. The van der Waals surface area contributed by atoms with Gasteiger partial charge in [0.25, 0.3) is 5.91 Å². The zero-order valence-corrected chi connectivity index (χ0v) is 21.9. The summed E-state index contributed by atoms with van der Waals surface area (Å²) in [6.07, 6.45) is 4.48. The van der Waals surface area contributed by atoms with Gasteiger partial charge in [0, 0.05) is 16.8 Å². The highest BCUT2D eigenvalue weighted by Gasteiger charge is 2.58. The van der Waals surface area contributed by atoms with Crippen LogP contribution in [0.4, 0.5) is 15.8 Å². The third kappa shape index (κ3) is 5.23. The number of anilines is 2. The first-order chi connectivity index (χ1) is 18.8. The smallest absolute Gasteiger partial charge is 0.337 e. The molecule has 0 saturated carbocycles. The molecular formula is C29H25ClFN3O5. The van der Waals surface area contributed by atoms with Crippen LogP contribution in [-0.2, 0) is 25.5 Å². The Labute approximate surface area is 229 Å². The van der Waals surface area contributed by atoms with Crippen LogP contribution < -0.4 is 15.4 Å². The van der Waals surface area contributed by atoms with Crippen molar-refractivity contribution in [1.82, 2.24) is 4.98 Å². The fourth-order valence-corrected chi connectivity index (χ4v) is 5.15. The van der Waals surface area contributed by atoms with Crippen LogP contribution in [0.1, 0.15) is 5.56 Å². The Kier molecular flexibility index (Phi) is 7.36. The van der Waals surface area contributed by atoms with Gasteiger partial charge in [0.1, 0.15) is 17.5 Å². The van der Waals surface area contributed by atoms with E-state index in [4.69, 9.17) is 25.8 Å². The number of pyridine rings is 1. The van der Waals surface area contributed by atoms with E-state index in [2.05, 4.69) is 15.6 Å². The Morgan fingerprint density at radius 2 is 1.92 bits per heavy atom. The number of esters is 1. The lowest BCUT2D eigenvalue weighted by atomic mass is 9.78. The van der Waals surface area contributed by atoms with E-state index < -0.39 is 35.4 Å². The minimum Gasteiger partial charge on any atom is -0.481 e. The number of carbonyl (C=O) groups excluding carboxylic acids is 2. The van der Waals surface area contributed by atoms with Crippen LogP contribution in [0.15, 0.2) is 90.2 Å². The number of carbonyl (C=O) groups is 2. The molecule has 200 valence electrons. The van der Waals surface area contributed by atoms with Crippen molar-refractivity contribution in [1.29, 1.82) is 0 Å². The molecule has 8 nitrogen and oxygen atoms in total. The molecule has 1 aromatic heterocycles. The topological polar surface area (TPSA) is 98.8 Å². The van der Waals surface area contributed by atoms with Crippen LogP contribution in [0.3, 0.4) is 0 Å². The summed E-state index contributed by atoms with van der Waals surface area (Å²) in [5.74, 6) is -1.38. The maximum absolute atomic E-state index is 14.2. The largest absolute Gasteiger partial charge is 0.481 e. The SMILES string of the molecule is COC(=O)C1=C(C(=O)Nc2ccc(OC)nc2)C2C=CC1(C(Cc1ccccc1)Nc1cc(F)cc(Cl)c1)O2. The van der Waals surface area contributed by atoms with E-state index >= 15 is 0 Å². The molecule has 2 aliphatic rings. The lowest BCUT2D eigenvalue weighted by Crippen LogP contribution is -2.49. The molecule has 2 bridgehead atoms. The fraction of sp³-hybridized carbons (Fsp3) is 0.207. The summed E-state index contributed by atoms with van der Waals surface area (Å²) < 4.78 is 30.8. The zero-order valence-electron chi connectivity index (χ0n) is 21.1. The van der Waals surface area contributed by atoms with Gasteiger partial charge in [0.15, 0.2) is 0 Å². The molecule has 5 rings (SSSR count). The monoisotopic (exact) mass is 549 g/mol. The normalized spacial score (nSPS) is 20.1. The quantitative estimate of drug-likeness (QED) is 0.294. The van der Waals surface area contributed by atoms with Gasteiger partial charge in [-0.2, -0.15) is 0 Å². The summed E-state index contributed by atoms with van der Waals surface area (Å²) in [5.41, 5.74) is 0.523. The van der Waals surface area contributed by atoms with Crippen LogP contribution in [0, 0.1) is 5.82 Å². The van der Waals surface area contributed by atoms with E-state index in [1.807, 2.05) is 30.3 Å². The number of methoxy groups -OCH3 is 2. The molecule has 3 heterocycles. The van der Waals surface area contributed by atoms with Crippen LogP contribution in [0.25, 0.3) is 0 Å². The molecule has 0 spiro atoms. The number of nitrogens with zero attached hydrogens (tertiary/aromatic N) is 1. The van der Waals surface area contributed by atoms with Crippen molar-refractivity contribution in [2.75, 3.05) is 24.9 Å². The van der Waals surface area contributed by atoms with Crippen molar-refractivity contribution in [3.05, 3.63) is 107 Å². The van der Waals surface area contributed by atoms with E-state index in [1.54, 1.807) is 30.4 Å². The number of nitrogens with one attached hydrogen (secondary N) is 2. The number of hydrogen-bond acceptors (Lipinski definition) is 7. The van der Waals surface area contributed by atoms with Crippen molar-refractivity contribution in [3.8, 4) is 5.88 Å². The molecule has 2 aromatic carbocycles. The summed E-state index contributed by atoms with van der Waals surface area (Å²) >= 11 is 6.12. The number of fused-ring (bicyclic) bond motifs is 2. The summed E-state index contributed by atoms with van der Waals surface area (Å²) in [6.45, 7) is 0. The molecule has 39 heavy (non-hydrogen) atoms. The number of amides is 1. The number of aromatic nitrogens is 1. The van der Waals surface area contributed by atoms with Gasteiger partial charge < -0.3 is 24.8 Å². The van der Waals surface area contributed by atoms with Crippen molar-refractivity contribution < 1.29 is 28.2 Å². The van der Waals surface area contributed by atoms with Crippen molar-refractivity contribution >= 4 is 34.9 Å². The molecule has 2 N–H and O–H groups in total. The summed E-state index contributed by atoms with van der Waals surface area (Å²) in [7, 11) is 2.73. The molecule has 1 amide bonds. The van der Waals surface area contributed by atoms with Crippen molar-refractivity contribution in [2.45, 2.75) is 24.2 Å². The number of benzene rings is 2. The second-order valence-electron chi connectivity index (χ2n) is 9.06. The van der Waals surface area contributed by atoms with Crippen molar-refractivity contribution in [2.24, 2.45) is 0 Å². The molecular weight excluding hydrogens is 525 g/mol. The minimum atomic E-state index is -1.39. The molecule has 0 fully saturated rings. The Morgan fingerprint density at radius 3 is 2.59 bits per heavy atom. The predicted molar refractivity (Wildman–Crippen MR) is 144 cm³/mol. The molecule has 0 radical (unpaired) electrons. The van der Waals surface area contributed by atoms with Crippen molar-refractivity contribution in [3.63, 3.8) is 0 Å². The van der Waals surface area contributed by atoms with Gasteiger partial charge in [-0.15, -0.1) is 0 Å². The van der Waals surface area contributed by atoms with Gasteiger partial charge in [0.05, 0.1) is 43.3 Å². The Balaban J connectivity index is 1.56. The lowest BCUT2D eigenvalue weighted by molar-refractivity contribution is -0.138. The first-order valence-electron chi connectivity index (χ1n) is 12.1. The zero-order chi connectivity index (χ0) is 27.6. The second kappa shape index (κ2) is 10.9. The third-order valence-electron chi connectivity index (χ3n) is 6.63. The molecule has 0 aliphatic carbocycles. The highest BCUT2D eigenvalue weighted by molar-refractivity contribution is 6.30. The van der Waals surface area contributed by atoms with E-state index in [9.17, 15) is 14.0 Å². The van der Waals surface area contributed by atoms with Crippen LogP contribution in [-0.4, -0.2) is 48.8 Å². The minimum absolute atomic E-state index is 0.0624. The maximum atomic E-state index is 14.2. The van der Waals surface area contributed by atoms with Crippen LogP contribution in [0.2, 0.25) is 5.02 Å². The number of ether oxygens (including phenoxy) is 3. The first-order valence-corrected chi connectivity index (χ1v) is 12.5. The van der Waals surface area contributed by atoms with E-state index in [0.717, 1.165) is 5.56 Å².